The first kappa shape index (κ1) is 18.7. The van der Waals surface area contributed by atoms with Crippen molar-refractivity contribution >= 4 is 25.6 Å². The smallest absolute Gasteiger partial charge is 0.220 e. The SMILES string of the molecule is C[Si](C)(C)ON(c1ccccc1)C(c1ccccc1)c1ccccc1Cl. The highest BCUT2D eigenvalue weighted by Crippen LogP contribution is 2.37. The number of hydroxylamine groups is 1. The molecule has 0 aliphatic carbocycles. The molecule has 3 rings (SSSR count). The van der Waals surface area contributed by atoms with Crippen molar-refractivity contribution in [3.63, 3.8) is 0 Å². The van der Waals surface area contributed by atoms with Crippen molar-refractivity contribution in [2.75, 3.05) is 5.06 Å². The van der Waals surface area contributed by atoms with Gasteiger partial charge in [0, 0.05) is 10.6 Å². The van der Waals surface area contributed by atoms with E-state index in [1.54, 1.807) is 0 Å². The van der Waals surface area contributed by atoms with Crippen molar-refractivity contribution < 1.29 is 4.53 Å². The number of hydrogen-bond donors (Lipinski definition) is 0. The molecular weight excluding hydrogens is 358 g/mol. The molecule has 3 aromatic carbocycles. The summed E-state index contributed by atoms with van der Waals surface area (Å²) in [4.78, 5) is 0. The molecule has 0 radical (unpaired) electrons. The lowest BCUT2D eigenvalue weighted by molar-refractivity contribution is 0.248. The molecule has 0 aliphatic rings. The average molecular weight is 382 g/mol. The standard InChI is InChI=1S/C22H24ClNOSi/c1-26(2,3)25-24(19-14-8-5-9-15-19)22(18-12-6-4-7-13-18)20-16-10-11-17-21(20)23/h4-17,22H,1-3H3. The Morgan fingerprint density at radius 1 is 0.769 bits per heavy atom. The molecule has 26 heavy (non-hydrogen) atoms. The number of benzene rings is 3. The van der Waals surface area contributed by atoms with E-state index in [0.717, 1.165) is 21.8 Å². The van der Waals surface area contributed by atoms with E-state index in [2.05, 4.69) is 62.1 Å². The fraction of sp³-hybridized carbons (Fsp3) is 0.182. The molecule has 0 saturated heterocycles. The van der Waals surface area contributed by atoms with Gasteiger partial charge in [0.1, 0.15) is 6.04 Å². The predicted octanol–water partition coefficient (Wildman–Crippen LogP) is 6.70. The molecule has 0 aliphatic heterocycles. The third-order valence-corrected chi connectivity index (χ3v) is 5.02. The molecule has 3 aromatic rings. The zero-order valence-corrected chi connectivity index (χ0v) is 17.1. The Morgan fingerprint density at radius 2 is 1.31 bits per heavy atom. The Bertz CT molecular complexity index is 834. The first-order valence-electron chi connectivity index (χ1n) is 8.78. The van der Waals surface area contributed by atoms with Crippen LogP contribution in [-0.2, 0) is 4.53 Å². The molecule has 0 aromatic heterocycles. The maximum Gasteiger partial charge on any atom is 0.220 e. The van der Waals surface area contributed by atoms with E-state index in [1.807, 2.05) is 47.5 Å². The summed E-state index contributed by atoms with van der Waals surface area (Å²) < 4.78 is 6.56. The van der Waals surface area contributed by atoms with E-state index < -0.39 is 8.32 Å². The number of nitrogens with zero attached hydrogens (tertiary/aromatic N) is 1. The van der Waals surface area contributed by atoms with Gasteiger partial charge in [-0.1, -0.05) is 78.3 Å². The van der Waals surface area contributed by atoms with Crippen molar-refractivity contribution in [3.8, 4) is 0 Å². The zero-order chi connectivity index (χ0) is 18.6. The van der Waals surface area contributed by atoms with Crippen molar-refractivity contribution in [3.05, 3.63) is 101 Å². The summed E-state index contributed by atoms with van der Waals surface area (Å²) in [6.45, 7) is 6.58. The van der Waals surface area contributed by atoms with Crippen LogP contribution < -0.4 is 5.06 Å². The molecule has 0 heterocycles. The fourth-order valence-electron chi connectivity index (χ4n) is 2.90. The molecule has 2 nitrogen and oxygen atoms in total. The average Bonchev–Trinajstić information content (AvgIpc) is 2.63. The second-order valence-corrected chi connectivity index (χ2v) is 12.0. The fourth-order valence-corrected chi connectivity index (χ4v) is 3.94. The van der Waals surface area contributed by atoms with Gasteiger partial charge in [0.2, 0.25) is 8.32 Å². The van der Waals surface area contributed by atoms with Crippen LogP contribution in [0, 0.1) is 0 Å². The molecule has 0 amide bonds. The minimum Gasteiger partial charge on any atom is -0.319 e. The number of hydrogen-bond acceptors (Lipinski definition) is 2. The van der Waals surface area contributed by atoms with Crippen LogP contribution in [0.25, 0.3) is 0 Å². The first-order valence-corrected chi connectivity index (χ1v) is 12.6. The van der Waals surface area contributed by atoms with E-state index in [0.29, 0.717) is 0 Å². The topological polar surface area (TPSA) is 12.5 Å². The lowest BCUT2D eigenvalue weighted by Gasteiger charge is -2.38. The van der Waals surface area contributed by atoms with Crippen LogP contribution in [0.5, 0.6) is 0 Å². The molecule has 0 bridgehead atoms. The van der Waals surface area contributed by atoms with Gasteiger partial charge in [0.15, 0.2) is 0 Å². The molecule has 1 unspecified atom stereocenters. The Hall–Kier alpha value is -2.07. The molecule has 1 atom stereocenters. The summed E-state index contributed by atoms with van der Waals surface area (Å²) in [5.41, 5.74) is 3.19. The van der Waals surface area contributed by atoms with Gasteiger partial charge in [0.25, 0.3) is 0 Å². The lowest BCUT2D eigenvalue weighted by Crippen LogP contribution is -2.40. The molecule has 0 N–H and O–H groups in total. The van der Waals surface area contributed by atoms with Crippen molar-refractivity contribution in [1.29, 1.82) is 0 Å². The van der Waals surface area contributed by atoms with Crippen LogP contribution in [0.3, 0.4) is 0 Å². The summed E-state index contributed by atoms with van der Waals surface area (Å²) in [5, 5.41) is 2.77. The number of halogens is 1. The van der Waals surface area contributed by atoms with Gasteiger partial charge >= 0.3 is 0 Å². The van der Waals surface area contributed by atoms with E-state index in [4.69, 9.17) is 16.1 Å². The third-order valence-electron chi connectivity index (χ3n) is 3.93. The van der Waals surface area contributed by atoms with Crippen LogP contribution in [0.15, 0.2) is 84.9 Å². The summed E-state index contributed by atoms with van der Waals surface area (Å²) in [6, 6.07) is 28.5. The van der Waals surface area contributed by atoms with Crippen LogP contribution >= 0.6 is 11.6 Å². The maximum absolute atomic E-state index is 6.60. The number of para-hydroxylation sites is 1. The molecule has 4 heteroatoms. The Morgan fingerprint density at radius 3 is 1.88 bits per heavy atom. The molecule has 134 valence electrons. The van der Waals surface area contributed by atoms with E-state index in [-0.39, 0.29) is 6.04 Å². The van der Waals surface area contributed by atoms with Crippen molar-refractivity contribution in [1.82, 2.24) is 0 Å². The summed E-state index contributed by atoms with van der Waals surface area (Å²) >= 11 is 6.60. The Kier molecular flexibility index (Phi) is 5.82. The summed E-state index contributed by atoms with van der Waals surface area (Å²) in [7, 11) is -1.87. The van der Waals surface area contributed by atoms with Crippen LogP contribution in [-0.4, -0.2) is 8.32 Å². The highest BCUT2D eigenvalue weighted by atomic mass is 35.5. The van der Waals surface area contributed by atoms with Gasteiger partial charge in [-0.25, -0.2) is 0 Å². The van der Waals surface area contributed by atoms with E-state index >= 15 is 0 Å². The van der Waals surface area contributed by atoms with Crippen molar-refractivity contribution in [2.24, 2.45) is 0 Å². The van der Waals surface area contributed by atoms with Crippen LogP contribution in [0.1, 0.15) is 17.2 Å². The summed E-state index contributed by atoms with van der Waals surface area (Å²) in [6.07, 6.45) is 0. The third kappa shape index (κ3) is 4.55. The van der Waals surface area contributed by atoms with E-state index in [9.17, 15) is 0 Å². The maximum atomic E-state index is 6.60. The first-order chi connectivity index (χ1) is 12.5. The molecule has 0 spiro atoms. The largest absolute Gasteiger partial charge is 0.319 e. The number of anilines is 1. The molecule has 0 saturated carbocycles. The quantitative estimate of drug-likeness (QED) is 0.348. The van der Waals surface area contributed by atoms with Crippen LogP contribution in [0.2, 0.25) is 24.7 Å². The summed E-state index contributed by atoms with van der Waals surface area (Å²) in [5.74, 6) is 0. The highest BCUT2D eigenvalue weighted by Gasteiger charge is 2.30. The zero-order valence-electron chi connectivity index (χ0n) is 15.4. The lowest BCUT2D eigenvalue weighted by atomic mass is 9.98. The normalized spacial score (nSPS) is 12.6. The second kappa shape index (κ2) is 8.08. The Labute approximate surface area is 162 Å². The van der Waals surface area contributed by atoms with Gasteiger partial charge in [-0.2, -0.15) is 0 Å². The van der Waals surface area contributed by atoms with Gasteiger partial charge in [-0.05, 0) is 43.4 Å². The van der Waals surface area contributed by atoms with Crippen molar-refractivity contribution in [2.45, 2.75) is 25.7 Å². The highest BCUT2D eigenvalue weighted by molar-refractivity contribution is 6.69. The molecular formula is C22H24ClNOSi. The number of rotatable bonds is 6. The van der Waals surface area contributed by atoms with Gasteiger partial charge in [-0.3, -0.25) is 5.06 Å². The molecule has 0 fully saturated rings. The predicted molar refractivity (Wildman–Crippen MR) is 113 cm³/mol. The van der Waals surface area contributed by atoms with E-state index in [1.165, 1.54) is 0 Å². The Balaban J connectivity index is 2.18. The monoisotopic (exact) mass is 381 g/mol. The second-order valence-electron chi connectivity index (χ2n) is 7.20. The van der Waals surface area contributed by atoms with Gasteiger partial charge in [-0.15, -0.1) is 0 Å². The van der Waals surface area contributed by atoms with Gasteiger partial charge < -0.3 is 4.53 Å². The van der Waals surface area contributed by atoms with Gasteiger partial charge in [0.05, 0.1) is 5.69 Å². The van der Waals surface area contributed by atoms with Crippen LogP contribution in [0.4, 0.5) is 5.69 Å². The minimum atomic E-state index is -1.87. The minimum absolute atomic E-state index is 0.126.